The van der Waals surface area contributed by atoms with Crippen molar-refractivity contribution in [2.24, 2.45) is 11.8 Å². The maximum atomic E-state index is 16.3. The van der Waals surface area contributed by atoms with E-state index in [1.54, 1.807) is 14.7 Å². The van der Waals surface area contributed by atoms with Crippen molar-refractivity contribution in [1.29, 1.82) is 0 Å². The minimum atomic E-state index is -1.79. The molecule has 0 bridgehead atoms. The highest BCUT2D eigenvalue weighted by molar-refractivity contribution is 6.08. The van der Waals surface area contributed by atoms with Gasteiger partial charge >= 0.3 is 0 Å². The summed E-state index contributed by atoms with van der Waals surface area (Å²) in [6.07, 6.45) is 1.12. The first-order valence-corrected chi connectivity index (χ1v) is 16.6. The zero-order valence-electron chi connectivity index (χ0n) is 27.4. The van der Waals surface area contributed by atoms with Crippen LogP contribution in [0.25, 0.3) is 0 Å². The molecule has 2 fully saturated rings. The van der Waals surface area contributed by atoms with E-state index in [0.29, 0.717) is 36.4 Å². The van der Waals surface area contributed by atoms with Gasteiger partial charge in [0, 0.05) is 49.1 Å². The lowest BCUT2D eigenvalue weighted by atomic mass is 9.71. The van der Waals surface area contributed by atoms with Crippen molar-refractivity contribution in [3.8, 4) is 0 Å². The molecule has 0 unspecified atom stereocenters. The summed E-state index contributed by atoms with van der Waals surface area (Å²) in [6, 6.07) is 24.8. The van der Waals surface area contributed by atoms with Gasteiger partial charge in [-0.3, -0.25) is 14.4 Å². The van der Waals surface area contributed by atoms with Crippen LogP contribution in [-0.4, -0.2) is 59.2 Å². The van der Waals surface area contributed by atoms with E-state index in [0.717, 1.165) is 24.0 Å². The second-order valence-electron chi connectivity index (χ2n) is 13.6. The molecule has 3 heterocycles. The van der Waals surface area contributed by atoms with Crippen LogP contribution < -0.4 is 9.80 Å². The number of carbonyl (C=O) groups is 3. The zero-order valence-corrected chi connectivity index (χ0v) is 27.4. The van der Waals surface area contributed by atoms with Crippen molar-refractivity contribution >= 4 is 29.1 Å². The predicted molar refractivity (Wildman–Crippen MR) is 178 cm³/mol. The summed E-state index contributed by atoms with van der Waals surface area (Å²) < 4.78 is 23.2. The lowest BCUT2D eigenvalue weighted by Gasteiger charge is -2.33. The number of piperidine rings is 1. The summed E-state index contributed by atoms with van der Waals surface area (Å²) in [6.45, 7) is 5.87. The zero-order chi connectivity index (χ0) is 33.3. The summed E-state index contributed by atoms with van der Waals surface area (Å²) in [7, 11) is 0. The summed E-state index contributed by atoms with van der Waals surface area (Å²) >= 11 is 0. The number of rotatable bonds is 10. The van der Waals surface area contributed by atoms with E-state index in [-0.39, 0.29) is 43.8 Å². The van der Waals surface area contributed by atoms with Crippen LogP contribution in [0.3, 0.4) is 0 Å². The summed E-state index contributed by atoms with van der Waals surface area (Å²) in [5, 5.41) is 9.80. The van der Waals surface area contributed by atoms with Crippen LogP contribution in [0.4, 0.5) is 15.8 Å². The van der Waals surface area contributed by atoms with Crippen LogP contribution in [-0.2, 0) is 37.8 Å². The largest absolute Gasteiger partial charge is 0.395 e. The molecule has 1 N–H and O–H groups in total. The number of anilines is 2. The molecule has 1 spiro atoms. The molecule has 9 heteroatoms. The number of benzene rings is 3. The van der Waals surface area contributed by atoms with Gasteiger partial charge in [0.1, 0.15) is 5.67 Å². The Morgan fingerprint density at radius 1 is 1.02 bits per heavy atom. The summed E-state index contributed by atoms with van der Waals surface area (Å²) in [5.41, 5.74) is 0.437. The number of nitrogens with zero attached hydrogens (tertiary/aromatic N) is 3. The van der Waals surface area contributed by atoms with Crippen molar-refractivity contribution in [2.75, 3.05) is 29.5 Å². The second-order valence-corrected chi connectivity index (χ2v) is 13.6. The molecule has 3 aliphatic heterocycles. The molecule has 0 aromatic heterocycles. The molecule has 47 heavy (non-hydrogen) atoms. The number of hydrogen-bond acceptors (Lipinski definition) is 5. The molecule has 8 nitrogen and oxygen atoms in total. The highest BCUT2D eigenvalue weighted by atomic mass is 19.1. The summed E-state index contributed by atoms with van der Waals surface area (Å²) in [4.78, 5) is 46.7. The van der Waals surface area contributed by atoms with Crippen LogP contribution >= 0.6 is 0 Å². The standard InChI is InChI=1S/C38H44FN3O5/c1-26-35(37(2,3)39)32(23-34(45)40(20-21-43)24-27-12-6-4-7-13-27)47-38(26)30-22-29(41-19-11-10-16-33(41)44)17-18-31(30)42(36(38)46)25-28-14-8-5-9-15-28/h4-9,12-15,17-18,22,26,32,35,43H,10-11,16,19-21,23-25H2,1-3H3/t26-,32+,35-,38+/m0/s1. The first-order valence-electron chi connectivity index (χ1n) is 16.6. The monoisotopic (exact) mass is 641 g/mol. The third kappa shape index (κ3) is 6.19. The molecule has 0 saturated carbocycles. The molecular weight excluding hydrogens is 597 g/mol. The topological polar surface area (TPSA) is 90.4 Å². The predicted octanol–water partition coefficient (Wildman–Crippen LogP) is 5.76. The third-order valence-electron chi connectivity index (χ3n) is 10.1. The molecule has 3 aromatic rings. The van der Waals surface area contributed by atoms with E-state index < -0.39 is 29.2 Å². The van der Waals surface area contributed by atoms with E-state index in [1.807, 2.05) is 85.8 Å². The molecule has 6 rings (SSSR count). The Bertz CT molecular complexity index is 1610. The van der Waals surface area contributed by atoms with Gasteiger partial charge in [0.05, 0.1) is 31.4 Å². The van der Waals surface area contributed by atoms with E-state index in [1.165, 1.54) is 13.8 Å². The van der Waals surface area contributed by atoms with Gasteiger partial charge in [-0.2, -0.15) is 0 Å². The number of amides is 3. The highest BCUT2D eigenvalue weighted by Gasteiger charge is 2.66. The van der Waals surface area contributed by atoms with Gasteiger partial charge in [-0.1, -0.05) is 67.6 Å². The molecule has 3 aromatic carbocycles. The maximum Gasteiger partial charge on any atom is 0.264 e. The quantitative estimate of drug-likeness (QED) is 0.304. The summed E-state index contributed by atoms with van der Waals surface area (Å²) in [5.74, 6) is -1.99. The fourth-order valence-corrected chi connectivity index (χ4v) is 7.92. The van der Waals surface area contributed by atoms with Crippen molar-refractivity contribution < 1.29 is 28.6 Å². The smallest absolute Gasteiger partial charge is 0.264 e. The Morgan fingerprint density at radius 3 is 2.34 bits per heavy atom. The molecule has 2 saturated heterocycles. The number of halogens is 1. The minimum absolute atomic E-state index is 0.0322. The van der Waals surface area contributed by atoms with E-state index in [9.17, 15) is 19.5 Å². The van der Waals surface area contributed by atoms with Gasteiger partial charge in [-0.05, 0) is 56.0 Å². The van der Waals surface area contributed by atoms with Crippen molar-refractivity contribution in [3.63, 3.8) is 0 Å². The lowest BCUT2D eigenvalue weighted by Crippen LogP contribution is -2.45. The first kappa shape index (κ1) is 32.8. The van der Waals surface area contributed by atoms with E-state index in [4.69, 9.17) is 4.74 Å². The minimum Gasteiger partial charge on any atom is -0.395 e. The fourth-order valence-electron chi connectivity index (χ4n) is 7.92. The SMILES string of the molecule is C[C@H]1[C@H](C(C)(C)F)[C@@H](CC(=O)N(CCO)Cc2ccccc2)O[C@]12C(=O)N(Cc1ccccc1)c1ccc(N3CCCCC3=O)cc12. The fraction of sp³-hybridized carbons (Fsp3) is 0.447. The molecule has 0 radical (unpaired) electrons. The molecule has 248 valence electrons. The maximum absolute atomic E-state index is 16.3. The van der Waals surface area contributed by atoms with Gasteiger partial charge in [-0.15, -0.1) is 0 Å². The van der Waals surface area contributed by atoms with Gasteiger partial charge in [0.25, 0.3) is 5.91 Å². The van der Waals surface area contributed by atoms with Gasteiger partial charge < -0.3 is 24.5 Å². The van der Waals surface area contributed by atoms with Crippen LogP contribution in [0, 0.1) is 11.8 Å². The normalized spacial score (nSPS) is 24.2. The van der Waals surface area contributed by atoms with Crippen LogP contribution in [0.1, 0.15) is 63.1 Å². The second kappa shape index (κ2) is 13.2. The average molecular weight is 642 g/mol. The van der Waals surface area contributed by atoms with Gasteiger partial charge in [0.15, 0.2) is 5.60 Å². The number of alkyl halides is 1. The van der Waals surface area contributed by atoms with Gasteiger partial charge in [0.2, 0.25) is 11.8 Å². The van der Waals surface area contributed by atoms with Crippen LogP contribution in [0.5, 0.6) is 0 Å². The Kier molecular flexibility index (Phi) is 9.23. The Labute approximate surface area is 276 Å². The van der Waals surface area contributed by atoms with E-state index in [2.05, 4.69) is 0 Å². The number of hydrogen-bond donors (Lipinski definition) is 1. The Morgan fingerprint density at radius 2 is 1.70 bits per heavy atom. The molecule has 3 aliphatic rings. The van der Waals surface area contributed by atoms with Crippen LogP contribution in [0.15, 0.2) is 78.9 Å². The third-order valence-corrected chi connectivity index (χ3v) is 10.1. The Hall–Kier alpha value is -4.08. The number of aliphatic hydroxyl groups is 1. The number of aliphatic hydroxyl groups excluding tert-OH is 1. The van der Waals surface area contributed by atoms with E-state index >= 15 is 4.39 Å². The highest BCUT2D eigenvalue weighted by Crippen LogP contribution is 2.59. The lowest BCUT2D eigenvalue weighted by molar-refractivity contribution is -0.150. The van der Waals surface area contributed by atoms with Crippen LogP contribution in [0.2, 0.25) is 0 Å². The molecular formula is C38H44FN3O5. The van der Waals surface area contributed by atoms with Crippen molar-refractivity contribution in [3.05, 3.63) is 95.6 Å². The molecule has 0 aliphatic carbocycles. The Balaban J connectivity index is 1.40. The number of ether oxygens (including phenoxy) is 1. The van der Waals surface area contributed by atoms with Crippen molar-refractivity contribution in [2.45, 2.75) is 76.9 Å². The molecule has 4 atom stereocenters. The first-order chi connectivity index (χ1) is 22.5. The van der Waals surface area contributed by atoms with Gasteiger partial charge in [-0.25, -0.2) is 4.39 Å². The average Bonchev–Trinajstić information content (AvgIpc) is 3.48. The van der Waals surface area contributed by atoms with Crippen molar-refractivity contribution in [1.82, 2.24) is 4.90 Å². The number of carbonyl (C=O) groups excluding carboxylic acids is 3. The molecule has 3 amide bonds. The number of fused-ring (bicyclic) bond motifs is 2.